The third-order valence-electron chi connectivity index (χ3n) is 3.85. The average Bonchev–Trinajstić information content (AvgIpc) is 3.12. The summed E-state index contributed by atoms with van der Waals surface area (Å²) in [5.74, 6) is 1.87. The molecule has 0 fully saturated rings. The number of alkyl halides is 2. The molecule has 0 radical (unpaired) electrons. The molecule has 2 aromatic rings. The molecule has 0 amide bonds. The molecule has 1 aliphatic heterocycles. The highest BCUT2D eigenvalue weighted by Crippen LogP contribution is 2.39. The predicted octanol–water partition coefficient (Wildman–Crippen LogP) is 3.58. The van der Waals surface area contributed by atoms with Crippen molar-refractivity contribution in [2.75, 3.05) is 26.3 Å². The van der Waals surface area contributed by atoms with Gasteiger partial charge in [-0.1, -0.05) is 0 Å². The molecule has 0 saturated heterocycles. The molecule has 1 heterocycles. The number of guanidine groups is 1. The minimum absolute atomic E-state index is 0. The van der Waals surface area contributed by atoms with E-state index in [0.29, 0.717) is 34.2 Å². The second-order valence-electron chi connectivity index (χ2n) is 5.59. The standard InChI is InChI=1S/C18H19F2N3O5.HI/c1-24-12-4-3-11(6-14(12)25-2)23-18(21)22-8-10-5-15-16(27-9-26-15)7-13(10)28-17(19)20;/h3-7,17H,8-9H2,1-2H3,(H3,21,22,23);1H. The molecular weight excluding hydrogens is 503 g/mol. The number of hydrogen-bond donors (Lipinski definition) is 2. The molecule has 3 N–H and O–H groups in total. The van der Waals surface area contributed by atoms with Crippen LogP contribution in [-0.2, 0) is 6.54 Å². The smallest absolute Gasteiger partial charge is 0.387 e. The van der Waals surface area contributed by atoms with Crippen LogP contribution in [0, 0.1) is 0 Å². The van der Waals surface area contributed by atoms with Crippen LogP contribution in [0.5, 0.6) is 28.7 Å². The first-order valence-corrected chi connectivity index (χ1v) is 8.16. The van der Waals surface area contributed by atoms with E-state index in [1.807, 2.05) is 0 Å². The molecule has 0 aromatic heterocycles. The Labute approximate surface area is 182 Å². The van der Waals surface area contributed by atoms with Crippen molar-refractivity contribution >= 4 is 35.6 Å². The largest absolute Gasteiger partial charge is 0.493 e. The first kappa shape index (κ1) is 22.6. The predicted molar refractivity (Wildman–Crippen MR) is 113 cm³/mol. The van der Waals surface area contributed by atoms with E-state index < -0.39 is 6.61 Å². The molecular formula is C18H20F2IN3O5. The average molecular weight is 523 g/mol. The van der Waals surface area contributed by atoms with Crippen molar-refractivity contribution in [1.82, 2.24) is 0 Å². The molecule has 29 heavy (non-hydrogen) atoms. The first-order valence-electron chi connectivity index (χ1n) is 8.16. The van der Waals surface area contributed by atoms with Crippen LogP contribution >= 0.6 is 24.0 Å². The van der Waals surface area contributed by atoms with Gasteiger partial charge in [0.05, 0.1) is 20.8 Å². The Bertz CT molecular complexity index is 883. The normalized spacial score (nSPS) is 12.4. The van der Waals surface area contributed by atoms with Gasteiger partial charge in [-0.3, -0.25) is 0 Å². The molecule has 0 saturated carbocycles. The molecule has 0 aliphatic carbocycles. The molecule has 11 heteroatoms. The van der Waals surface area contributed by atoms with Crippen LogP contribution in [0.2, 0.25) is 0 Å². The van der Waals surface area contributed by atoms with Crippen molar-refractivity contribution in [3.63, 3.8) is 0 Å². The summed E-state index contributed by atoms with van der Waals surface area (Å²) in [5, 5.41) is 2.90. The van der Waals surface area contributed by atoms with Gasteiger partial charge in [0, 0.05) is 23.4 Å². The van der Waals surface area contributed by atoms with Gasteiger partial charge in [-0.15, -0.1) is 24.0 Å². The van der Waals surface area contributed by atoms with E-state index in [-0.39, 0.29) is 49.0 Å². The van der Waals surface area contributed by atoms with Gasteiger partial charge in [0.2, 0.25) is 6.79 Å². The molecule has 8 nitrogen and oxygen atoms in total. The number of ether oxygens (including phenoxy) is 5. The Hall–Kier alpha value is -2.70. The topological polar surface area (TPSA) is 96.6 Å². The van der Waals surface area contributed by atoms with Gasteiger partial charge in [-0.25, -0.2) is 4.99 Å². The van der Waals surface area contributed by atoms with E-state index in [1.54, 1.807) is 18.2 Å². The van der Waals surface area contributed by atoms with Crippen LogP contribution in [0.3, 0.4) is 0 Å². The van der Waals surface area contributed by atoms with Gasteiger partial charge in [0.25, 0.3) is 0 Å². The summed E-state index contributed by atoms with van der Waals surface area (Å²) in [5.41, 5.74) is 6.90. The Morgan fingerprint density at radius 2 is 1.79 bits per heavy atom. The van der Waals surface area contributed by atoms with Crippen molar-refractivity contribution in [3.05, 3.63) is 35.9 Å². The van der Waals surface area contributed by atoms with Gasteiger partial charge in [-0.2, -0.15) is 8.78 Å². The van der Waals surface area contributed by atoms with Gasteiger partial charge >= 0.3 is 6.61 Å². The van der Waals surface area contributed by atoms with E-state index >= 15 is 0 Å². The number of hydrogen-bond acceptors (Lipinski definition) is 6. The van der Waals surface area contributed by atoms with Crippen LogP contribution in [-0.4, -0.2) is 33.6 Å². The highest BCUT2D eigenvalue weighted by Gasteiger charge is 2.20. The Balaban J connectivity index is 0.00000300. The fourth-order valence-corrected chi connectivity index (χ4v) is 2.57. The third kappa shape index (κ3) is 5.65. The Kier molecular flexibility index (Phi) is 7.93. The van der Waals surface area contributed by atoms with Gasteiger partial charge < -0.3 is 34.7 Å². The summed E-state index contributed by atoms with van der Waals surface area (Å²) in [6.07, 6.45) is 0. The van der Waals surface area contributed by atoms with Crippen molar-refractivity contribution in [2.24, 2.45) is 10.7 Å². The van der Waals surface area contributed by atoms with Crippen molar-refractivity contribution < 1.29 is 32.5 Å². The van der Waals surface area contributed by atoms with Crippen LogP contribution in [0.25, 0.3) is 0 Å². The number of benzene rings is 2. The molecule has 3 rings (SSSR count). The third-order valence-corrected chi connectivity index (χ3v) is 3.85. The minimum atomic E-state index is -2.98. The minimum Gasteiger partial charge on any atom is -0.493 e. The van der Waals surface area contributed by atoms with E-state index in [0.717, 1.165) is 0 Å². The number of fused-ring (bicyclic) bond motifs is 1. The molecule has 0 bridgehead atoms. The zero-order chi connectivity index (χ0) is 20.1. The van der Waals surface area contributed by atoms with Crippen LogP contribution in [0.1, 0.15) is 5.56 Å². The molecule has 0 unspecified atom stereocenters. The number of rotatable bonds is 7. The second kappa shape index (κ2) is 10.2. The van der Waals surface area contributed by atoms with E-state index in [1.165, 1.54) is 26.4 Å². The summed E-state index contributed by atoms with van der Waals surface area (Å²) in [7, 11) is 3.05. The molecule has 2 aromatic carbocycles. The summed E-state index contributed by atoms with van der Waals surface area (Å²) in [4.78, 5) is 4.17. The molecule has 0 atom stereocenters. The van der Waals surface area contributed by atoms with Crippen LogP contribution < -0.4 is 34.7 Å². The first-order chi connectivity index (χ1) is 13.5. The second-order valence-corrected chi connectivity index (χ2v) is 5.59. The zero-order valence-electron chi connectivity index (χ0n) is 15.6. The molecule has 1 aliphatic rings. The monoisotopic (exact) mass is 523 g/mol. The number of methoxy groups -OCH3 is 2. The maximum absolute atomic E-state index is 12.7. The SMILES string of the molecule is COc1ccc(NC(N)=NCc2cc3c(cc2OC(F)F)OCO3)cc1OC.I. The zero-order valence-corrected chi connectivity index (χ0v) is 17.9. The van der Waals surface area contributed by atoms with Crippen molar-refractivity contribution in [3.8, 4) is 28.7 Å². The lowest BCUT2D eigenvalue weighted by Gasteiger charge is -2.12. The molecule has 0 spiro atoms. The lowest BCUT2D eigenvalue weighted by molar-refractivity contribution is -0.0505. The van der Waals surface area contributed by atoms with Crippen molar-refractivity contribution in [1.29, 1.82) is 0 Å². The number of halogens is 3. The van der Waals surface area contributed by atoms with Crippen molar-refractivity contribution in [2.45, 2.75) is 13.2 Å². The molecule has 158 valence electrons. The maximum atomic E-state index is 12.7. The lowest BCUT2D eigenvalue weighted by Crippen LogP contribution is -2.22. The Morgan fingerprint density at radius 1 is 1.10 bits per heavy atom. The van der Waals surface area contributed by atoms with Crippen LogP contribution in [0.4, 0.5) is 14.5 Å². The van der Waals surface area contributed by atoms with E-state index in [4.69, 9.17) is 24.7 Å². The number of nitrogens with zero attached hydrogens (tertiary/aromatic N) is 1. The van der Waals surface area contributed by atoms with Gasteiger partial charge in [0.1, 0.15) is 5.75 Å². The summed E-state index contributed by atoms with van der Waals surface area (Å²) < 4.78 is 50.7. The van der Waals surface area contributed by atoms with Crippen LogP contribution in [0.15, 0.2) is 35.3 Å². The Morgan fingerprint density at radius 3 is 2.45 bits per heavy atom. The number of nitrogens with one attached hydrogen (secondary N) is 1. The summed E-state index contributed by atoms with van der Waals surface area (Å²) in [6, 6.07) is 8.01. The summed E-state index contributed by atoms with van der Waals surface area (Å²) in [6.45, 7) is -2.98. The summed E-state index contributed by atoms with van der Waals surface area (Å²) >= 11 is 0. The quantitative estimate of drug-likeness (QED) is 0.326. The van der Waals surface area contributed by atoms with Gasteiger partial charge in [-0.05, 0) is 18.2 Å². The lowest BCUT2D eigenvalue weighted by atomic mass is 10.1. The maximum Gasteiger partial charge on any atom is 0.387 e. The highest BCUT2D eigenvalue weighted by molar-refractivity contribution is 14.0. The number of aliphatic imine (C=N–C) groups is 1. The van der Waals surface area contributed by atoms with Gasteiger partial charge in [0.15, 0.2) is 29.0 Å². The fraction of sp³-hybridized carbons (Fsp3) is 0.278. The number of anilines is 1. The number of nitrogens with two attached hydrogens (primary N) is 1. The highest BCUT2D eigenvalue weighted by atomic mass is 127. The fourth-order valence-electron chi connectivity index (χ4n) is 2.57. The van der Waals surface area contributed by atoms with E-state index in [9.17, 15) is 8.78 Å². The van der Waals surface area contributed by atoms with E-state index in [2.05, 4.69) is 15.0 Å².